The number of hydrogen-bond acceptors (Lipinski definition) is 3. The van der Waals surface area contributed by atoms with Crippen LogP contribution in [0.1, 0.15) is 10.5 Å². The second-order valence-electron chi connectivity index (χ2n) is 3.25. The fourth-order valence-corrected chi connectivity index (χ4v) is 1.61. The topological polar surface area (TPSA) is 39.2 Å². The van der Waals surface area contributed by atoms with E-state index in [0.717, 1.165) is 23.2 Å². The number of rotatable bonds is 3. The molecular weight excluding hydrogens is 202 g/mol. The van der Waals surface area contributed by atoms with Gasteiger partial charge in [0.2, 0.25) is 0 Å². The van der Waals surface area contributed by atoms with E-state index in [1.54, 1.807) is 19.4 Å². The number of para-hydroxylation sites is 1. The first kappa shape index (κ1) is 10.4. The lowest BCUT2D eigenvalue weighted by Crippen LogP contribution is -1.93. The Labute approximate surface area is 93.7 Å². The van der Waals surface area contributed by atoms with Crippen molar-refractivity contribution in [3.63, 3.8) is 0 Å². The molecule has 0 amide bonds. The van der Waals surface area contributed by atoms with Crippen molar-refractivity contribution in [1.82, 2.24) is 4.98 Å². The number of benzene rings is 1. The predicted octanol–water partition coefficient (Wildman–Crippen LogP) is 2.57. The summed E-state index contributed by atoms with van der Waals surface area (Å²) in [7, 11) is 1.61. The van der Waals surface area contributed by atoms with Crippen molar-refractivity contribution in [2.45, 2.75) is 0 Å². The van der Waals surface area contributed by atoms with E-state index < -0.39 is 0 Å². The lowest BCUT2D eigenvalue weighted by molar-refractivity contribution is 0.111. The lowest BCUT2D eigenvalue weighted by atomic mass is 10.0. The van der Waals surface area contributed by atoms with Gasteiger partial charge in [-0.2, -0.15) is 0 Å². The Morgan fingerprint density at radius 3 is 2.62 bits per heavy atom. The summed E-state index contributed by atoms with van der Waals surface area (Å²) in [5.41, 5.74) is 2.09. The Bertz CT molecular complexity index is 509. The van der Waals surface area contributed by atoms with Gasteiger partial charge in [0.25, 0.3) is 0 Å². The number of hydrogen-bond donors (Lipinski definition) is 0. The van der Waals surface area contributed by atoms with Crippen LogP contribution in [0.15, 0.2) is 42.6 Å². The standard InChI is InChI=1S/C13H11NO2/c1-16-13-7-3-2-5-11(13)10-6-4-8-14-12(10)9-15/h2-9H,1H3. The van der Waals surface area contributed by atoms with Crippen LogP contribution in [0, 0.1) is 0 Å². The third kappa shape index (κ3) is 1.80. The van der Waals surface area contributed by atoms with Crippen LogP contribution in [0.25, 0.3) is 11.1 Å². The van der Waals surface area contributed by atoms with Crippen molar-refractivity contribution in [2.24, 2.45) is 0 Å². The second-order valence-corrected chi connectivity index (χ2v) is 3.25. The smallest absolute Gasteiger partial charge is 0.169 e. The monoisotopic (exact) mass is 213 g/mol. The van der Waals surface area contributed by atoms with Crippen molar-refractivity contribution >= 4 is 6.29 Å². The zero-order valence-corrected chi connectivity index (χ0v) is 8.88. The third-order valence-corrected chi connectivity index (χ3v) is 2.35. The normalized spacial score (nSPS) is 9.81. The van der Waals surface area contributed by atoms with Crippen molar-refractivity contribution in [1.29, 1.82) is 0 Å². The molecule has 3 heteroatoms. The highest BCUT2D eigenvalue weighted by Crippen LogP contribution is 2.30. The van der Waals surface area contributed by atoms with E-state index in [1.807, 2.05) is 30.3 Å². The predicted molar refractivity (Wildman–Crippen MR) is 61.6 cm³/mol. The molecule has 0 fully saturated rings. The van der Waals surface area contributed by atoms with E-state index in [9.17, 15) is 4.79 Å². The number of nitrogens with zero attached hydrogens (tertiary/aromatic N) is 1. The highest BCUT2D eigenvalue weighted by Gasteiger charge is 2.09. The van der Waals surface area contributed by atoms with Gasteiger partial charge in [0.15, 0.2) is 6.29 Å². The molecular formula is C13H11NO2. The van der Waals surface area contributed by atoms with Crippen molar-refractivity contribution in [3.05, 3.63) is 48.3 Å². The number of aromatic nitrogens is 1. The van der Waals surface area contributed by atoms with Gasteiger partial charge < -0.3 is 4.74 Å². The van der Waals surface area contributed by atoms with E-state index in [-0.39, 0.29) is 0 Å². The van der Waals surface area contributed by atoms with Gasteiger partial charge in [-0.05, 0) is 12.1 Å². The molecule has 2 rings (SSSR count). The Balaban J connectivity index is 2.62. The van der Waals surface area contributed by atoms with Gasteiger partial charge in [-0.1, -0.05) is 24.3 Å². The first-order valence-electron chi connectivity index (χ1n) is 4.90. The van der Waals surface area contributed by atoms with Crippen LogP contribution in [-0.2, 0) is 0 Å². The maximum Gasteiger partial charge on any atom is 0.169 e. The molecule has 0 saturated carbocycles. The first-order valence-corrected chi connectivity index (χ1v) is 4.90. The van der Waals surface area contributed by atoms with Crippen molar-refractivity contribution < 1.29 is 9.53 Å². The Kier molecular flexibility index (Phi) is 2.96. The van der Waals surface area contributed by atoms with Gasteiger partial charge in [-0.3, -0.25) is 9.78 Å². The van der Waals surface area contributed by atoms with E-state index in [0.29, 0.717) is 5.69 Å². The SMILES string of the molecule is COc1ccccc1-c1cccnc1C=O. The second kappa shape index (κ2) is 4.57. The summed E-state index contributed by atoms with van der Waals surface area (Å²) in [5, 5.41) is 0. The molecule has 0 saturated heterocycles. The number of methoxy groups -OCH3 is 1. The van der Waals surface area contributed by atoms with Crippen LogP contribution in [0.2, 0.25) is 0 Å². The molecule has 0 unspecified atom stereocenters. The largest absolute Gasteiger partial charge is 0.496 e. The number of pyridine rings is 1. The molecule has 0 spiro atoms. The van der Waals surface area contributed by atoms with Crippen LogP contribution in [0.4, 0.5) is 0 Å². The average molecular weight is 213 g/mol. The number of carbonyl (C=O) groups excluding carboxylic acids is 1. The zero-order chi connectivity index (χ0) is 11.4. The molecule has 3 nitrogen and oxygen atoms in total. The summed E-state index contributed by atoms with van der Waals surface area (Å²) in [6.07, 6.45) is 2.35. The molecule has 0 aliphatic heterocycles. The fraction of sp³-hybridized carbons (Fsp3) is 0.0769. The minimum atomic E-state index is 0.423. The molecule has 1 aromatic carbocycles. The Morgan fingerprint density at radius 2 is 1.88 bits per heavy atom. The fourth-order valence-electron chi connectivity index (χ4n) is 1.61. The minimum absolute atomic E-state index is 0.423. The summed E-state index contributed by atoms with van der Waals surface area (Å²) in [4.78, 5) is 14.9. The summed E-state index contributed by atoms with van der Waals surface area (Å²) in [6, 6.07) is 11.2. The van der Waals surface area contributed by atoms with E-state index >= 15 is 0 Å². The zero-order valence-electron chi connectivity index (χ0n) is 8.88. The average Bonchev–Trinajstić information content (AvgIpc) is 2.38. The van der Waals surface area contributed by atoms with Crippen LogP contribution in [0.5, 0.6) is 5.75 Å². The summed E-state index contributed by atoms with van der Waals surface area (Å²) < 4.78 is 5.26. The molecule has 0 aliphatic rings. The maximum absolute atomic E-state index is 10.9. The summed E-state index contributed by atoms with van der Waals surface area (Å²) in [6.45, 7) is 0. The molecule has 1 heterocycles. The number of carbonyl (C=O) groups is 1. The van der Waals surface area contributed by atoms with E-state index in [2.05, 4.69) is 4.98 Å². The highest BCUT2D eigenvalue weighted by atomic mass is 16.5. The molecule has 0 bridgehead atoms. The van der Waals surface area contributed by atoms with Gasteiger partial charge in [-0.25, -0.2) is 0 Å². The number of aldehydes is 1. The van der Waals surface area contributed by atoms with Gasteiger partial charge in [0, 0.05) is 17.3 Å². The van der Waals surface area contributed by atoms with Gasteiger partial charge in [0.1, 0.15) is 11.4 Å². The Morgan fingerprint density at radius 1 is 1.12 bits per heavy atom. The molecule has 0 N–H and O–H groups in total. The third-order valence-electron chi connectivity index (χ3n) is 2.35. The van der Waals surface area contributed by atoms with Gasteiger partial charge in [0.05, 0.1) is 7.11 Å². The molecule has 80 valence electrons. The molecule has 16 heavy (non-hydrogen) atoms. The van der Waals surface area contributed by atoms with Gasteiger partial charge >= 0.3 is 0 Å². The van der Waals surface area contributed by atoms with Crippen LogP contribution >= 0.6 is 0 Å². The summed E-state index contributed by atoms with van der Waals surface area (Å²) in [5.74, 6) is 0.735. The first-order chi connectivity index (χ1) is 7.86. The molecule has 2 aromatic rings. The van der Waals surface area contributed by atoms with E-state index in [4.69, 9.17) is 4.74 Å². The summed E-state index contributed by atoms with van der Waals surface area (Å²) >= 11 is 0. The minimum Gasteiger partial charge on any atom is -0.496 e. The van der Waals surface area contributed by atoms with Crippen LogP contribution in [0.3, 0.4) is 0 Å². The molecule has 1 aromatic heterocycles. The van der Waals surface area contributed by atoms with Crippen molar-refractivity contribution in [3.8, 4) is 16.9 Å². The molecule has 0 radical (unpaired) electrons. The highest BCUT2D eigenvalue weighted by molar-refractivity contribution is 5.86. The van der Waals surface area contributed by atoms with Crippen LogP contribution in [-0.4, -0.2) is 18.4 Å². The van der Waals surface area contributed by atoms with Crippen LogP contribution < -0.4 is 4.74 Å². The van der Waals surface area contributed by atoms with E-state index in [1.165, 1.54) is 0 Å². The van der Waals surface area contributed by atoms with Crippen molar-refractivity contribution in [2.75, 3.05) is 7.11 Å². The molecule has 0 atom stereocenters. The lowest BCUT2D eigenvalue weighted by Gasteiger charge is -2.09. The maximum atomic E-state index is 10.9. The quantitative estimate of drug-likeness (QED) is 0.735. The number of ether oxygens (including phenoxy) is 1. The van der Waals surface area contributed by atoms with Gasteiger partial charge in [-0.15, -0.1) is 0 Å². The Hall–Kier alpha value is -2.16. The molecule has 0 aliphatic carbocycles.